The van der Waals surface area contributed by atoms with E-state index in [-0.39, 0.29) is 5.91 Å². The first-order chi connectivity index (χ1) is 14.1. The van der Waals surface area contributed by atoms with Gasteiger partial charge in [0, 0.05) is 29.2 Å². The van der Waals surface area contributed by atoms with Crippen molar-refractivity contribution in [1.82, 2.24) is 10.3 Å². The number of benzene rings is 1. The molecular weight excluding hydrogens is 385 g/mol. The number of anilines is 1. The van der Waals surface area contributed by atoms with Crippen LogP contribution in [0.2, 0.25) is 0 Å². The fourth-order valence-electron chi connectivity index (χ4n) is 3.14. The molecule has 158 valence electrons. The summed E-state index contributed by atoms with van der Waals surface area (Å²) >= 11 is 0. The maximum absolute atomic E-state index is 14.0. The molecule has 0 saturated heterocycles. The minimum absolute atomic E-state index is 0.208. The van der Waals surface area contributed by atoms with E-state index in [4.69, 9.17) is 4.74 Å². The number of carbonyl (C=O) groups excluding carboxylic acids is 2. The van der Waals surface area contributed by atoms with E-state index in [9.17, 15) is 14.0 Å². The summed E-state index contributed by atoms with van der Waals surface area (Å²) in [7, 11) is 0. The van der Waals surface area contributed by atoms with Crippen LogP contribution in [0.3, 0.4) is 0 Å². The van der Waals surface area contributed by atoms with Gasteiger partial charge in [-0.25, -0.2) is 9.18 Å². The molecule has 0 aliphatic carbocycles. The van der Waals surface area contributed by atoms with Gasteiger partial charge in [0.2, 0.25) is 5.91 Å². The molecule has 2 aromatic rings. The van der Waals surface area contributed by atoms with E-state index in [1.54, 1.807) is 46.2 Å². The first kappa shape index (κ1) is 21.5. The zero-order valence-corrected chi connectivity index (χ0v) is 17.5. The number of carbonyl (C=O) groups is 2. The van der Waals surface area contributed by atoms with Gasteiger partial charge in [-0.3, -0.25) is 9.78 Å². The third kappa shape index (κ3) is 5.43. The molecule has 1 aromatic heterocycles. The summed E-state index contributed by atoms with van der Waals surface area (Å²) in [5.74, 6) is -1.03. The first-order valence-electron chi connectivity index (χ1n) is 9.84. The van der Waals surface area contributed by atoms with Crippen LogP contribution in [0.4, 0.5) is 14.9 Å². The Balaban J connectivity index is 2.04. The zero-order chi connectivity index (χ0) is 21.9. The Kier molecular flexibility index (Phi) is 6.20. The SMILES string of the molecule is C[C@@H]1C=CC[C@H](NC(=O)OC(C)(C)C)c2cncc(c2)-c2cc(F)ccc2NC1=O. The van der Waals surface area contributed by atoms with Crippen LogP contribution >= 0.6 is 0 Å². The van der Waals surface area contributed by atoms with E-state index in [0.717, 1.165) is 5.56 Å². The van der Waals surface area contributed by atoms with Gasteiger partial charge in [-0.2, -0.15) is 0 Å². The molecule has 0 radical (unpaired) electrons. The predicted octanol–water partition coefficient (Wildman–Crippen LogP) is 4.99. The standard InChI is InChI=1S/C23H26FN3O3/c1-14-6-5-7-19(27-22(29)30-23(2,3)4)16-10-15(12-25-13-16)18-11-17(24)8-9-20(18)26-21(14)28/h5-6,8-14,19H,7H2,1-4H3,(H,26,28)(H,27,29)/t14-,19+/m1/s1. The number of nitrogens with one attached hydrogen (secondary N) is 2. The lowest BCUT2D eigenvalue weighted by Crippen LogP contribution is -2.35. The van der Waals surface area contributed by atoms with Gasteiger partial charge in [-0.05, 0) is 57.0 Å². The van der Waals surface area contributed by atoms with Crippen molar-refractivity contribution in [3.63, 3.8) is 0 Å². The van der Waals surface area contributed by atoms with Gasteiger partial charge in [0.15, 0.2) is 0 Å². The van der Waals surface area contributed by atoms with Crippen LogP contribution in [0.5, 0.6) is 0 Å². The number of nitrogens with zero attached hydrogens (tertiary/aromatic N) is 1. The summed E-state index contributed by atoms with van der Waals surface area (Å²) in [6.45, 7) is 7.15. The van der Waals surface area contributed by atoms with Crippen molar-refractivity contribution in [3.8, 4) is 11.1 Å². The number of hydrogen-bond donors (Lipinski definition) is 2. The normalized spacial score (nSPS) is 19.0. The lowest BCUT2D eigenvalue weighted by atomic mass is 9.97. The molecule has 1 aliphatic rings. The van der Waals surface area contributed by atoms with E-state index in [0.29, 0.717) is 23.2 Å². The van der Waals surface area contributed by atoms with E-state index in [1.807, 2.05) is 12.1 Å². The highest BCUT2D eigenvalue weighted by molar-refractivity contribution is 5.97. The van der Waals surface area contributed by atoms with E-state index < -0.39 is 29.5 Å². The Bertz CT molecular complexity index is 982. The third-order valence-electron chi connectivity index (χ3n) is 4.61. The largest absolute Gasteiger partial charge is 0.444 e. The Labute approximate surface area is 175 Å². The topological polar surface area (TPSA) is 80.3 Å². The summed E-state index contributed by atoms with van der Waals surface area (Å²) < 4.78 is 19.4. The van der Waals surface area contributed by atoms with Crippen LogP contribution < -0.4 is 10.6 Å². The predicted molar refractivity (Wildman–Crippen MR) is 113 cm³/mol. The van der Waals surface area contributed by atoms with Crippen LogP contribution in [0, 0.1) is 11.7 Å². The molecule has 0 spiro atoms. The highest BCUT2D eigenvalue weighted by Crippen LogP contribution is 2.31. The van der Waals surface area contributed by atoms with Crippen molar-refractivity contribution in [1.29, 1.82) is 0 Å². The molecule has 2 N–H and O–H groups in total. The van der Waals surface area contributed by atoms with E-state index >= 15 is 0 Å². The molecule has 2 bridgehead atoms. The second kappa shape index (κ2) is 8.65. The molecule has 30 heavy (non-hydrogen) atoms. The Hall–Kier alpha value is -3.22. The van der Waals surface area contributed by atoms with Crippen molar-refractivity contribution in [2.24, 2.45) is 5.92 Å². The minimum atomic E-state index is -0.630. The fraction of sp³-hybridized carbons (Fsp3) is 0.348. The second-order valence-electron chi connectivity index (χ2n) is 8.34. The Morgan fingerprint density at radius 3 is 2.77 bits per heavy atom. The van der Waals surface area contributed by atoms with Crippen molar-refractivity contribution in [2.45, 2.75) is 45.8 Å². The minimum Gasteiger partial charge on any atom is -0.444 e. The van der Waals surface area contributed by atoms with Crippen molar-refractivity contribution >= 4 is 17.7 Å². The smallest absolute Gasteiger partial charge is 0.408 e. The zero-order valence-electron chi connectivity index (χ0n) is 17.5. The fourth-order valence-corrected chi connectivity index (χ4v) is 3.14. The van der Waals surface area contributed by atoms with E-state index in [1.165, 1.54) is 18.2 Å². The quantitative estimate of drug-likeness (QED) is 0.648. The summed E-state index contributed by atoms with van der Waals surface area (Å²) in [6.07, 6.45) is 6.79. The van der Waals surface area contributed by atoms with Crippen LogP contribution in [0.25, 0.3) is 11.1 Å². The third-order valence-corrected chi connectivity index (χ3v) is 4.61. The maximum atomic E-state index is 14.0. The van der Waals surface area contributed by atoms with Gasteiger partial charge >= 0.3 is 6.09 Å². The van der Waals surface area contributed by atoms with Crippen LogP contribution in [-0.4, -0.2) is 22.6 Å². The van der Waals surface area contributed by atoms with Gasteiger partial charge in [0.25, 0.3) is 0 Å². The lowest BCUT2D eigenvalue weighted by molar-refractivity contribution is -0.118. The highest BCUT2D eigenvalue weighted by Gasteiger charge is 2.22. The monoisotopic (exact) mass is 411 g/mol. The summed E-state index contributed by atoms with van der Waals surface area (Å²) in [5.41, 5.74) is 1.77. The van der Waals surface area contributed by atoms with Crippen molar-refractivity contribution < 1.29 is 18.7 Å². The molecule has 0 unspecified atom stereocenters. The molecule has 0 fully saturated rings. The van der Waals surface area contributed by atoms with Crippen LogP contribution in [0.1, 0.15) is 45.7 Å². The molecule has 2 atom stereocenters. The number of halogens is 1. The Morgan fingerprint density at radius 2 is 2.03 bits per heavy atom. The maximum Gasteiger partial charge on any atom is 0.408 e. The summed E-state index contributed by atoms with van der Waals surface area (Å²) in [6, 6.07) is 5.61. The number of hydrogen-bond acceptors (Lipinski definition) is 4. The molecule has 3 rings (SSSR count). The highest BCUT2D eigenvalue weighted by atomic mass is 19.1. The van der Waals surface area contributed by atoms with E-state index in [2.05, 4.69) is 15.6 Å². The summed E-state index contributed by atoms with van der Waals surface area (Å²) in [5, 5.41) is 5.73. The number of rotatable bonds is 1. The lowest BCUT2D eigenvalue weighted by Gasteiger charge is -2.24. The van der Waals surface area contributed by atoms with Gasteiger partial charge in [-0.1, -0.05) is 19.1 Å². The average molecular weight is 411 g/mol. The second-order valence-corrected chi connectivity index (χ2v) is 8.34. The number of pyridine rings is 1. The molecule has 1 aliphatic heterocycles. The van der Waals surface area contributed by atoms with Gasteiger partial charge in [0.05, 0.1) is 12.0 Å². The first-order valence-corrected chi connectivity index (χ1v) is 9.84. The van der Waals surface area contributed by atoms with Gasteiger partial charge in [0.1, 0.15) is 11.4 Å². The number of alkyl carbamates (subject to hydrolysis) is 1. The number of aromatic nitrogens is 1. The Morgan fingerprint density at radius 1 is 1.27 bits per heavy atom. The van der Waals surface area contributed by atoms with Crippen molar-refractivity contribution in [3.05, 3.63) is 60.2 Å². The van der Waals surface area contributed by atoms with Crippen LogP contribution in [0.15, 0.2) is 48.8 Å². The van der Waals surface area contributed by atoms with Crippen molar-refractivity contribution in [2.75, 3.05) is 5.32 Å². The van der Waals surface area contributed by atoms with Gasteiger partial charge in [-0.15, -0.1) is 0 Å². The molecule has 6 nitrogen and oxygen atoms in total. The molecular formula is C23H26FN3O3. The molecule has 2 amide bonds. The average Bonchev–Trinajstić information content (AvgIpc) is 2.66. The van der Waals surface area contributed by atoms with Gasteiger partial charge < -0.3 is 15.4 Å². The summed E-state index contributed by atoms with van der Waals surface area (Å²) in [4.78, 5) is 29.2. The number of amides is 2. The molecule has 2 heterocycles. The van der Waals surface area contributed by atoms with Crippen LogP contribution in [-0.2, 0) is 9.53 Å². The molecule has 0 saturated carbocycles. The number of ether oxygens (including phenoxy) is 1. The number of fused-ring (bicyclic) bond motifs is 4. The molecule has 7 heteroatoms. The molecule has 1 aromatic carbocycles.